The number of hydrogen-bond donors (Lipinski definition) is 1. The van der Waals surface area contributed by atoms with Gasteiger partial charge in [-0.25, -0.2) is 4.79 Å². The molecule has 9 nitrogen and oxygen atoms in total. The molecule has 2 bridgehead atoms. The minimum absolute atomic E-state index is 0.0767. The normalized spacial score (nSPS) is 28.0. The third-order valence-electron chi connectivity index (χ3n) is 8.41. The molecule has 1 amide bonds. The van der Waals surface area contributed by atoms with Crippen molar-refractivity contribution in [1.82, 2.24) is 5.32 Å². The van der Waals surface area contributed by atoms with Gasteiger partial charge in [0.2, 0.25) is 0 Å². The highest BCUT2D eigenvalue weighted by Gasteiger charge is 2.68. The lowest BCUT2D eigenvalue weighted by molar-refractivity contribution is -0.199. The van der Waals surface area contributed by atoms with Gasteiger partial charge in [-0.3, -0.25) is 9.59 Å². The molecule has 1 aliphatic heterocycles. The van der Waals surface area contributed by atoms with E-state index in [1.165, 1.54) is 14.0 Å². The predicted octanol–water partition coefficient (Wildman–Crippen LogP) is 3.51. The summed E-state index contributed by atoms with van der Waals surface area (Å²) in [5.74, 6) is -0.835. The van der Waals surface area contributed by atoms with Crippen LogP contribution in [0.25, 0.3) is 0 Å². The molecule has 0 spiro atoms. The van der Waals surface area contributed by atoms with E-state index in [1.54, 1.807) is 32.9 Å². The van der Waals surface area contributed by atoms with Gasteiger partial charge >= 0.3 is 19.1 Å². The molecule has 208 valence electrons. The fourth-order valence-corrected chi connectivity index (χ4v) is 6.42. The average molecular weight is 529 g/mol. The van der Waals surface area contributed by atoms with Crippen molar-refractivity contribution < 1.29 is 37.9 Å². The zero-order valence-corrected chi connectivity index (χ0v) is 23.7. The summed E-state index contributed by atoms with van der Waals surface area (Å²) in [7, 11) is 0.769. The summed E-state index contributed by atoms with van der Waals surface area (Å²) in [6.07, 6.45) is 2.19. The van der Waals surface area contributed by atoms with E-state index in [4.69, 9.17) is 23.5 Å². The summed E-state index contributed by atoms with van der Waals surface area (Å²) >= 11 is 0. The Bertz CT molecular complexity index is 1100. The zero-order chi connectivity index (χ0) is 28.0. The second-order valence-corrected chi connectivity index (χ2v) is 12.5. The Kier molecular flexibility index (Phi) is 7.62. The maximum Gasteiger partial charge on any atom is 0.482 e. The first-order valence-corrected chi connectivity index (χ1v) is 13.3. The first-order chi connectivity index (χ1) is 17.7. The van der Waals surface area contributed by atoms with Crippen LogP contribution in [0.2, 0.25) is 0 Å². The van der Waals surface area contributed by atoms with Crippen molar-refractivity contribution >= 4 is 25.0 Å². The van der Waals surface area contributed by atoms with Crippen molar-refractivity contribution in [2.24, 2.45) is 17.3 Å². The van der Waals surface area contributed by atoms with E-state index < -0.39 is 48.7 Å². The summed E-state index contributed by atoms with van der Waals surface area (Å²) in [5, 5.41) is 2.94. The average Bonchev–Trinajstić information content (AvgIpc) is 3.18. The lowest BCUT2D eigenvalue weighted by Gasteiger charge is -2.64. The van der Waals surface area contributed by atoms with E-state index >= 15 is 0 Å². The molecule has 5 rings (SSSR count). The Balaban J connectivity index is 1.61. The van der Waals surface area contributed by atoms with Crippen LogP contribution in [0.3, 0.4) is 0 Å². The molecule has 1 saturated heterocycles. The number of ether oxygens (including phenoxy) is 3. The van der Waals surface area contributed by atoms with Gasteiger partial charge in [-0.2, -0.15) is 0 Å². The van der Waals surface area contributed by atoms with Crippen molar-refractivity contribution in [3.63, 3.8) is 0 Å². The van der Waals surface area contributed by atoms with E-state index in [0.29, 0.717) is 28.7 Å². The number of carbonyl (C=O) groups excluding carboxylic acids is 3. The van der Waals surface area contributed by atoms with E-state index in [0.717, 1.165) is 12.8 Å². The first-order valence-electron chi connectivity index (χ1n) is 13.3. The van der Waals surface area contributed by atoms with E-state index in [-0.39, 0.29) is 17.9 Å². The maximum atomic E-state index is 12.9. The molecule has 1 aromatic rings. The molecule has 1 aromatic carbocycles. The Labute approximate surface area is 225 Å². The number of methoxy groups -OCH3 is 1. The highest BCUT2D eigenvalue weighted by Crippen LogP contribution is 2.65. The van der Waals surface area contributed by atoms with Crippen LogP contribution in [0.5, 0.6) is 5.75 Å². The van der Waals surface area contributed by atoms with Crippen LogP contribution >= 0.6 is 0 Å². The van der Waals surface area contributed by atoms with Gasteiger partial charge in [0.15, 0.2) is 6.61 Å². The number of amides is 1. The molecule has 4 fully saturated rings. The lowest BCUT2D eigenvalue weighted by atomic mass is 9.43. The topological polar surface area (TPSA) is 109 Å². The first kappa shape index (κ1) is 28.4. The molecule has 1 N–H and O–H groups in total. The molecule has 3 saturated carbocycles. The number of rotatable bonds is 8. The van der Waals surface area contributed by atoms with Gasteiger partial charge in [-0.1, -0.05) is 26.0 Å². The summed E-state index contributed by atoms with van der Waals surface area (Å²) in [5.41, 5.74) is 0.0101. The fraction of sp³-hybridized carbons (Fsp3) is 0.679. The van der Waals surface area contributed by atoms with Crippen molar-refractivity contribution in [2.45, 2.75) is 91.0 Å². The molecule has 38 heavy (non-hydrogen) atoms. The summed E-state index contributed by atoms with van der Waals surface area (Å²) in [4.78, 5) is 36.9. The van der Waals surface area contributed by atoms with Crippen LogP contribution in [0.15, 0.2) is 18.2 Å². The second kappa shape index (κ2) is 10.2. The largest absolute Gasteiger partial charge is 0.496 e. The van der Waals surface area contributed by atoms with Gasteiger partial charge in [-0.15, -0.1) is 0 Å². The van der Waals surface area contributed by atoms with Gasteiger partial charge in [0.25, 0.3) is 5.91 Å². The molecule has 5 atom stereocenters. The molecule has 0 radical (unpaired) electrons. The van der Waals surface area contributed by atoms with E-state index in [2.05, 4.69) is 26.1 Å². The minimum atomic E-state index is -0.726. The quantitative estimate of drug-likeness (QED) is 0.403. The number of esters is 2. The highest BCUT2D eigenvalue weighted by atomic mass is 16.7. The number of hydrogen-bond acceptors (Lipinski definition) is 8. The molecular weight excluding hydrogens is 489 g/mol. The predicted molar refractivity (Wildman–Crippen MR) is 141 cm³/mol. The third kappa shape index (κ3) is 5.43. The van der Waals surface area contributed by atoms with Crippen LogP contribution in [0.4, 0.5) is 0 Å². The Morgan fingerprint density at radius 3 is 2.50 bits per heavy atom. The van der Waals surface area contributed by atoms with Gasteiger partial charge in [0.1, 0.15) is 16.9 Å². The Morgan fingerprint density at radius 1 is 1.18 bits per heavy atom. The van der Waals surface area contributed by atoms with Crippen molar-refractivity contribution in [1.29, 1.82) is 0 Å². The number of benzene rings is 1. The van der Waals surface area contributed by atoms with Crippen LogP contribution in [-0.2, 0) is 34.8 Å². The summed E-state index contributed by atoms with van der Waals surface area (Å²) < 4.78 is 29.2. The second-order valence-electron chi connectivity index (χ2n) is 12.5. The van der Waals surface area contributed by atoms with Gasteiger partial charge in [-0.05, 0) is 75.8 Å². The SMILES string of the molecule is COc1c(CC(NC(=O)COC(C)=O)B2OC3CC4CC(C4(C)C)C3(C)O2)cccc1C(=O)OC(C)(C)C. The third-order valence-corrected chi connectivity index (χ3v) is 8.41. The van der Waals surface area contributed by atoms with Gasteiger partial charge < -0.3 is 28.8 Å². The monoisotopic (exact) mass is 529 g/mol. The number of carbonyl (C=O) groups is 3. The Morgan fingerprint density at radius 2 is 1.89 bits per heavy atom. The lowest BCUT2D eigenvalue weighted by Crippen LogP contribution is -2.65. The molecule has 0 aromatic heterocycles. The molecule has 3 aliphatic carbocycles. The smallest absolute Gasteiger partial charge is 0.482 e. The Hall–Kier alpha value is -2.59. The summed E-state index contributed by atoms with van der Waals surface area (Å²) in [6.45, 7) is 12.9. The van der Waals surface area contributed by atoms with Crippen LogP contribution < -0.4 is 10.1 Å². The van der Waals surface area contributed by atoms with Gasteiger partial charge in [0.05, 0.1) is 24.8 Å². The number of nitrogens with one attached hydrogen (secondary N) is 1. The van der Waals surface area contributed by atoms with E-state index in [1.807, 2.05) is 6.07 Å². The zero-order valence-electron chi connectivity index (χ0n) is 23.7. The summed E-state index contributed by atoms with van der Waals surface area (Å²) in [6, 6.07) is 5.24. The van der Waals surface area contributed by atoms with E-state index in [9.17, 15) is 14.4 Å². The number of para-hydroxylation sites is 1. The maximum absolute atomic E-state index is 12.9. The molecule has 4 aliphatic rings. The fourth-order valence-electron chi connectivity index (χ4n) is 6.42. The van der Waals surface area contributed by atoms with Crippen LogP contribution in [0.1, 0.15) is 77.2 Å². The molecule has 1 heterocycles. The molecule has 5 unspecified atom stereocenters. The molecular formula is C28H40BNO8. The van der Waals surface area contributed by atoms with Crippen LogP contribution in [-0.4, -0.2) is 61.9 Å². The van der Waals surface area contributed by atoms with Crippen molar-refractivity contribution in [3.05, 3.63) is 29.3 Å². The standard InChI is InChI=1S/C28H40BNO8/c1-16(31)35-15-23(32)30-22(29-37-21-14-18-13-20(27(18,5)6)28(21,7)38-29)12-17-10-9-11-19(24(17)34-8)25(33)36-26(2,3)4/h9-11,18,20-22H,12-15H2,1-8H3,(H,30,32). The molecule has 10 heteroatoms. The van der Waals surface area contributed by atoms with Crippen molar-refractivity contribution in [3.8, 4) is 5.75 Å². The van der Waals surface area contributed by atoms with Gasteiger partial charge in [0, 0.05) is 6.92 Å². The van der Waals surface area contributed by atoms with Crippen LogP contribution in [0, 0.1) is 17.3 Å². The minimum Gasteiger partial charge on any atom is -0.496 e. The van der Waals surface area contributed by atoms with Crippen molar-refractivity contribution in [2.75, 3.05) is 13.7 Å². The highest BCUT2D eigenvalue weighted by molar-refractivity contribution is 6.48.